The van der Waals surface area contributed by atoms with Gasteiger partial charge in [-0.2, -0.15) is 0 Å². The molecule has 476 valence electrons. The first-order chi connectivity index (χ1) is 38.5. The highest BCUT2D eigenvalue weighted by Gasteiger charge is 2.78. The Morgan fingerprint density at radius 3 is 0.976 bits per heavy atom. The van der Waals surface area contributed by atoms with Crippen LogP contribution in [-0.2, 0) is 45.3 Å². The molecule has 0 amide bonds. The van der Waals surface area contributed by atoms with Crippen molar-refractivity contribution < 1.29 is 45.3 Å². The van der Waals surface area contributed by atoms with Gasteiger partial charge in [-0.3, -0.25) is 0 Å². The maximum absolute atomic E-state index is 8.73. The Kier molecular flexibility index (Phi) is 21.4. The number of fused-ring (bicyclic) bond motifs is 9. The molecule has 9 aliphatic rings. The molecule has 0 aromatic carbocycles. The van der Waals surface area contributed by atoms with E-state index < -0.39 is 78.0 Å². The summed E-state index contributed by atoms with van der Waals surface area (Å²) in [5, 5.41) is 0. The van der Waals surface area contributed by atoms with E-state index in [2.05, 4.69) is 173 Å². The quantitative estimate of drug-likeness (QED) is 0.0528. The fraction of sp³-hybridized carbons (Fsp3) is 0.905. The first-order valence-corrected chi connectivity index (χ1v) is 54.4. The van der Waals surface area contributed by atoms with Crippen molar-refractivity contribution in [2.24, 2.45) is 100 Å². The monoisotopic (exact) mass is 1310 g/mol. The molecule has 3 saturated heterocycles. The van der Waals surface area contributed by atoms with E-state index in [1.54, 1.807) is 0 Å². The van der Waals surface area contributed by atoms with E-state index in [0.29, 0.717) is 71.8 Å². The molecule has 10 bridgehead atoms. The van der Waals surface area contributed by atoms with Gasteiger partial charge in [-0.05, 0) is 202 Å². The Morgan fingerprint density at radius 1 is 0.386 bits per heavy atom. The molecule has 11 nitrogen and oxygen atoms in total. The van der Waals surface area contributed by atoms with Gasteiger partial charge >= 0.3 is 61.4 Å². The second-order valence-corrected chi connectivity index (χ2v) is 64.2. The maximum atomic E-state index is 8.73. The van der Waals surface area contributed by atoms with Crippen molar-refractivity contribution in [1.29, 1.82) is 0 Å². The fourth-order valence-electron chi connectivity index (χ4n) is 17.3. The van der Waals surface area contributed by atoms with E-state index in [4.69, 9.17) is 45.3 Å². The molecule has 0 spiro atoms. The topological polar surface area (TPSA) is 102 Å². The Morgan fingerprint density at radius 2 is 0.687 bits per heavy atom. The van der Waals surface area contributed by atoms with Crippen LogP contribution in [0.25, 0.3) is 0 Å². The highest BCUT2D eigenvalue weighted by Crippen LogP contribution is 2.56. The van der Waals surface area contributed by atoms with Gasteiger partial charge in [0.15, 0.2) is 16.6 Å². The van der Waals surface area contributed by atoms with Gasteiger partial charge in [-0.25, -0.2) is 0 Å². The summed E-state index contributed by atoms with van der Waals surface area (Å²) in [5.74, 6) is 7.41. The molecule has 0 N–H and O–H groups in total. The van der Waals surface area contributed by atoms with Crippen molar-refractivity contribution in [2.75, 3.05) is 0 Å². The van der Waals surface area contributed by atoms with Crippen LogP contribution in [0, 0.1) is 100 Å². The number of allylic oxidation sites excluding steroid dienone is 6. The lowest BCUT2D eigenvalue weighted by molar-refractivity contribution is 0.0141. The standard InChI is InChI=1S/C63H122O11Si9/c1-47(2)39-77(46-63(15,16)30-27-60-36-54-21-24-57(60)33-54)66-80(42-50(7)8)68-78(40-48(3)4,64-75(17,18)31-28-61-37-55-22-25-58(61)34-55)70-82(44-52(11)12)71-79(41-49(5)6,65-76(19,20)32-29-62-38-56-23-26-59(62)35-56)69-81(67-77,43-51(9)10)73-83(72-80,74-82)45-53(13)14/h21-26,47-62H,27-46H2,1-20H3. The lowest BCUT2D eigenvalue weighted by Gasteiger charge is -2.61. The van der Waals surface area contributed by atoms with Crippen LogP contribution in [0.2, 0.25) is 86.6 Å². The van der Waals surface area contributed by atoms with E-state index >= 15 is 0 Å². The summed E-state index contributed by atoms with van der Waals surface area (Å²) in [5.41, 5.74) is -0.148. The predicted molar refractivity (Wildman–Crippen MR) is 358 cm³/mol. The molecular weight excluding hydrogens is 1190 g/mol. The molecule has 9 rings (SSSR count). The summed E-state index contributed by atoms with van der Waals surface area (Å²) in [6.07, 6.45) is 27.4. The number of hydrogen-bond acceptors (Lipinski definition) is 11. The minimum absolute atomic E-state index is 0.120. The Bertz CT molecular complexity index is 2020. The molecule has 6 fully saturated rings. The molecule has 3 heterocycles. The molecule has 0 aromatic heterocycles. The molecular formula is C63H122O11Si9. The van der Waals surface area contributed by atoms with Gasteiger partial charge in [0.1, 0.15) is 0 Å². The molecule has 0 aromatic rings. The van der Waals surface area contributed by atoms with Gasteiger partial charge in [-0.1, -0.05) is 160 Å². The molecule has 83 heavy (non-hydrogen) atoms. The van der Waals surface area contributed by atoms with E-state index in [9.17, 15) is 0 Å². The van der Waals surface area contributed by atoms with Crippen LogP contribution < -0.4 is 0 Å². The van der Waals surface area contributed by atoms with Crippen molar-refractivity contribution in [3.8, 4) is 0 Å². The molecule has 6 aliphatic carbocycles. The van der Waals surface area contributed by atoms with Crippen molar-refractivity contribution in [3.63, 3.8) is 0 Å². The predicted octanol–water partition coefficient (Wildman–Crippen LogP) is 18.5. The number of rotatable bonds is 29. The van der Waals surface area contributed by atoms with E-state index in [1.165, 1.54) is 44.9 Å². The molecule has 3 saturated carbocycles. The second kappa shape index (κ2) is 26.0. The third-order valence-electron chi connectivity index (χ3n) is 19.8. The molecule has 13 unspecified atom stereocenters. The summed E-state index contributed by atoms with van der Waals surface area (Å²) in [6.45, 7) is 47.2. The SMILES string of the molecule is CC(C)C[Si]1(CC(C)(C)CCC2CC3C=CC2C3)O[Si]2(CC(C)C)O[Si](CC(C)C)(O[Si](C)(C)CCC3CC4C=CC3C4)O[Si]3(CC(C)C)O[Si](CC(C)C)(O[Si](C)(C)CCC4CC5C=CC4C5)O[Si](CC(C)C)(O1)O[Si](CC(C)C)(O2)O3. The van der Waals surface area contributed by atoms with Gasteiger partial charge in [0, 0.05) is 36.3 Å². The highest BCUT2D eigenvalue weighted by molar-refractivity contribution is 7.01. The summed E-state index contributed by atoms with van der Waals surface area (Å²) in [7, 11) is -33.3. The molecule has 0 radical (unpaired) electrons. The highest BCUT2D eigenvalue weighted by atomic mass is 28.6. The molecule has 3 aliphatic heterocycles. The van der Waals surface area contributed by atoms with Gasteiger partial charge in [0.05, 0.1) is 0 Å². The van der Waals surface area contributed by atoms with Crippen molar-refractivity contribution in [2.45, 2.75) is 262 Å². The molecule has 20 heteroatoms. The van der Waals surface area contributed by atoms with E-state index in [1.807, 2.05) is 0 Å². The van der Waals surface area contributed by atoms with Gasteiger partial charge < -0.3 is 45.3 Å². The van der Waals surface area contributed by atoms with Crippen molar-refractivity contribution >= 4 is 78.0 Å². The summed E-state index contributed by atoms with van der Waals surface area (Å²) >= 11 is 0. The minimum atomic E-state index is -4.15. The smallest absolute Gasteiger partial charge is 0.416 e. The van der Waals surface area contributed by atoms with Crippen LogP contribution in [0.4, 0.5) is 0 Å². The Labute approximate surface area is 518 Å². The first-order valence-electron chi connectivity index (χ1n) is 34.3. The molecule has 13 atom stereocenters. The zero-order chi connectivity index (χ0) is 60.4. The Hall–Kier alpha value is 0.732. The lowest BCUT2D eigenvalue weighted by Crippen LogP contribution is -2.83. The minimum Gasteiger partial charge on any atom is -0.416 e. The maximum Gasteiger partial charge on any atom is 0.479 e. The van der Waals surface area contributed by atoms with Crippen LogP contribution in [0.3, 0.4) is 0 Å². The Balaban J connectivity index is 1.27. The van der Waals surface area contributed by atoms with E-state index in [-0.39, 0.29) is 46.8 Å². The zero-order valence-corrected chi connectivity index (χ0v) is 65.3. The van der Waals surface area contributed by atoms with Crippen molar-refractivity contribution in [3.05, 3.63) is 36.5 Å². The average Bonchev–Trinajstić information content (AvgIpc) is 2.76. The normalized spacial score (nSPS) is 40.4. The second-order valence-electron chi connectivity index (χ2n) is 33.9. The third kappa shape index (κ3) is 17.3. The first kappa shape index (κ1) is 68.1. The van der Waals surface area contributed by atoms with Crippen LogP contribution >= 0.6 is 0 Å². The zero-order valence-electron chi connectivity index (χ0n) is 56.3. The van der Waals surface area contributed by atoms with Crippen LogP contribution in [0.1, 0.15) is 175 Å². The van der Waals surface area contributed by atoms with Crippen LogP contribution in [-0.4, -0.2) is 78.0 Å². The largest absolute Gasteiger partial charge is 0.479 e. The van der Waals surface area contributed by atoms with E-state index in [0.717, 1.165) is 61.2 Å². The van der Waals surface area contributed by atoms with Crippen molar-refractivity contribution in [1.82, 2.24) is 0 Å². The van der Waals surface area contributed by atoms with Gasteiger partial charge in [0.2, 0.25) is 0 Å². The van der Waals surface area contributed by atoms with Gasteiger partial charge in [0.25, 0.3) is 0 Å². The number of hydrogen-bond donors (Lipinski definition) is 0. The van der Waals surface area contributed by atoms with Crippen LogP contribution in [0.15, 0.2) is 36.5 Å². The average molecular weight is 1310 g/mol. The fourth-order valence-corrected chi connectivity index (χ4v) is 71.3. The van der Waals surface area contributed by atoms with Gasteiger partial charge in [-0.15, -0.1) is 0 Å². The summed E-state index contributed by atoms with van der Waals surface area (Å²) in [6, 6.07) is 6.94. The lowest BCUT2D eigenvalue weighted by atomic mass is 9.82. The van der Waals surface area contributed by atoms with Crippen LogP contribution in [0.5, 0.6) is 0 Å². The summed E-state index contributed by atoms with van der Waals surface area (Å²) < 4.78 is 93.9. The summed E-state index contributed by atoms with van der Waals surface area (Å²) in [4.78, 5) is 0. The third-order valence-corrected chi connectivity index (χ3v) is 63.4.